The monoisotopic (exact) mass is 497 g/mol. The topological polar surface area (TPSA) is 243 Å². The third kappa shape index (κ3) is 10.5. The Morgan fingerprint density at radius 3 is 2.09 bits per heavy atom. The summed E-state index contributed by atoms with van der Waals surface area (Å²) in [5.41, 5.74) is 11.8. The number of unbranched alkanes of at least 4 members (excludes halogenated alkanes) is 1. The summed E-state index contributed by atoms with van der Waals surface area (Å²) < 4.78 is 0. The van der Waals surface area contributed by atoms with E-state index in [-0.39, 0.29) is 18.8 Å². The van der Waals surface area contributed by atoms with Crippen LogP contribution in [-0.4, -0.2) is 80.6 Å². The van der Waals surface area contributed by atoms with Crippen molar-refractivity contribution in [2.45, 2.75) is 70.1 Å². The maximum absolute atomic E-state index is 13.0. The first-order valence-electron chi connectivity index (χ1n) is 11.2. The van der Waals surface area contributed by atoms with Gasteiger partial charge in [-0.3, -0.25) is 19.2 Å². The fourth-order valence-corrected chi connectivity index (χ4v) is 3.07. The van der Waals surface area contributed by atoms with Crippen LogP contribution in [0, 0.1) is 5.92 Å². The summed E-state index contributed by atoms with van der Waals surface area (Å²) in [6.45, 7) is 3.81. The van der Waals surface area contributed by atoms with Gasteiger partial charge in [-0.25, -0.2) is 9.78 Å². The number of hydrogen-bond donors (Lipinski definition) is 8. The molecule has 10 N–H and O–H groups in total. The number of amides is 3. The predicted molar refractivity (Wildman–Crippen MR) is 124 cm³/mol. The highest BCUT2D eigenvalue weighted by Crippen LogP contribution is 2.06. The number of rotatable bonds is 16. The van der Waals surface area contributed by atoms with Crippen LogP contribution < -0.4 is 27.4 Å². The van der Waals surface area contributed by atoms with Crippen molar-refractivity contribution in [3.63, 3.8) is 0 Å². The van der Waals surface area contributed by atoms with Crippen molar-refractivity contribution < 1.29 is 34.2 Å². The first-order chi connectivity index (χ1) is 16.5. The fourth-order valence-electron chi connectivity index (χ4n) is 3.07. The molecule has 14 heteroatoms. The maximum atomic E-state index is 13.0. The average Bonchev–Trinajstić information content (AvgIpc) is 3.29. The van der Waals surface area contributed by atoms with E-state index in [1.165, 1.54) is 12.5 Å². The summed E-state index contributed by atoms with van der Waals surface area (Å²) in [5.74, 6) is -5.35. The maximum Gasteiger partial charge on any atom is 0.326 e. The number of aromatic amines is 1. The van der Waals surface area contributed by atoms with Gasteiger partial charge in [-0.1, -0.05) is 13.8 Å². The van der Waals surface area contributed by atoms with Gasteiger partial charge in [-0.15, -0.1) is 0 Å². The molecule has 4 unspecified atom stereocenters. The zero-order chi connectivity index (χ0) is 26.5. The van der Waals surface area contributed by atoms with Crippen molar-refractivity contribution in [1.82, 2.24) is 25.9 Å². The van der Waals surface area contributed by atoms with Crippen molar-refractivity contribution >= 4 is 29.7 Å². The summed E-state index contributed by atoms with van der Waals surface area (Å²) >= 11 is 0. The summed E-state index contributed by atoms with van der Waals surface area (Å²) in [5, 5.41) is 25.7. The third-order valence-electron chi connectivity index (χ3n) is 5.21. The van der Waals surface area contributed by atoms with Gasteiger partial charge < -0.3 is 42.6 Å². The number of imidazole rings is 1. The number of aliphatic carboxylic acids is 2. The molecule has 1 aromatic rings. The number of carbonyl (C=O) groups excluding carboxylic acids is 3. The van der Waals surface area contributed by atoms with Crippen LogP contribution in [-0.2, 0) is 30.4 Å². The Bertz CT molecular complexity index is 860. The second kappa shape index (κ2) is 14.7. The van der Waals surface area contributed by atoms with Crippen LogP contribution in [0.15, 0.2) is 12.5 Å². The Morgan fingerprint density at radius 2 is 1.57 bits per heavy atom. The lowest BCUT2D eigenvalue weighted by Gasteiger charge is -2.25. The highest BCUT2D eigenvalue weighted by Gasteiger charge is 2.32. The van der Waals surface area contributed by atoms with Gasteiger partial charge >= 0.3 is 11.9 Å². The van der Waals surface area contributed by atoms with E-state index in [1.807, 2.05) is 0 Å². The number of aromatic nitrogens is 2. The molecule has 0 radical (unpaired) electrons. The van der Waals surface area contributed by atoms with Crippen molar-refractivity contribution in [3.05, 3.63) is 18.2 Å². The number of carboxylic acids is 2. The molecule has 1 aromatic heterocycles. The lowest BCUT2D eigenvalue weighted by Crippen LogP contribution is -2.58. The van der Waals surface area contributed by atoms with Gasteiger partial charge in [-0.05, 0) is 31.7 Å². The number of nitrogens with one attached hydrogen (secondary N) is 4. The van der Waals surface area contributed by atoms with Crippen LogP contribution in [0.3, 0.4) is 0 Å². The van der Waals surface area contributed by atoms with Gasteiger partial charge in [0.15, 0.2) is 0 Å². The van der Waals surface area contributed by atoms with Crippen molar-refractivity contribution in [1.29, 1.82) is 0 Å². The third-order valence-corrected chi connectivity index (χ3v) is 5.21. The van der Waals surface area contributed by atoms with Crippen LogP contribution in [0.25, 0.3) is 0 Å². The van der Waals surface area contributed by atoms with Crippen molar-refractivity contribution in [2.75, 3.05) is 6.54 Å². The van der Waals surface area contributed by atoms with Crippen LogP contribution in [0.1, 0.15) is 45.2 Å². The Kier molecular flexibility index (Phi) is 12.4. The van der Waals surface area contributed by atoms with Gasteiger partial charge in [0.2, 0.25) is 17.7 Å². The Labute approximate surface area is 202 Å². The molecule has 1 rings (SSSR count). The molecule has 0 bridgehead atoms. The SMILES string of the molecule is CC(C)C(N)C(=O)NC(Cc1cnc[nH]1)C(=O)NC(CC(=O)O)C(=O)NC(CCCCN)C(=O)O. The fraction of sp³-hybridized carbons (Fsp3) is 0.619. The van der Waals surface area contributed by atoms with E-state index in [2.05, 4.69) is 25.9 Å². The summed E-state index contributed by atoms with van der Waals surface area (Å²) in [6, 6.07) is -4.99. The molecule has 0 aliphatic heterocycles. The van der Waals surface area contributed by atoms with E-state index in [0.717, 1.165) is 0 Å². The number of carboxylic acid groups (broad SMARTS) is 2. The van der Waals surface area contributed by atoms with E-state index in [4.69, 9.17) is 11.5 Å². The zero-order valence-electron chi connectivity index (χ0n) is 19.8. The predicted octanol–water partition coefficient (Wildman–Crippen LogP) is -1.92. The second-order valence-corrected chi connectivity index (χ2v) is 8.45. The van der Waals surface area contributed by atoms with E-state index in [0.29, 0.717) is 25.1 Å². The molecule has 196 valence electrons. The number of carbonyl (C=O) groups is 5. The second-order valence-electron chi connectivity index (χ2n) is 8.45. The number of nitrogens with zero attached hydrogens (tertiary/aromatic N) is 1. The lowest BCUT2D eigenvalue weighted by molar-refractivity contribution is -0.143. The Hall–Kier alpha value is -3.52. The Morgan fingerprint density at radius 1 is 0.971 bits per heavy atom. The normalized spacial score (nSPS) is 14.4. The van der Waals surface area contributed by atoms with E-state index in [1.54, 1.807) is 13.8 Å². The Balaban J connectivity index is 3.03. The number of H-pyrrole nitrogens is 1. The molecule has 1 heterocycles. The zero-order valence-corrected chi connectivity index (χ0v) is 19.8. The van der Waals surface area contributed by atoms with Crippen molar-refractivity contribution in [3.8, 4) is 0 Å². The first-order valence-corrected chi connectivity index (χ1v) is 11.2. The van der Waals surface area contributed by atoms with E-state index in [9.17, 15) is 34.2 Å². The molecular formula is C21H35N7O7. The van der Waals surface area contributed by atoms with Crippen LogP contribution in [0.2, 0.25) is 0 Å². The number of hydrogen-bond acceptors (Lipinski definition) is 8. The van der Waals surface area contributed by atoms with Gasteiger partial charge in [0, 0.05) is 18.3 Å². The molecule has 0 aromatic carbocycles. The minimum absolute atomic E-state index is 0.0410. The lowest BCUT2D eigenvalue weighted by atomic mass is 10.0. The van der Waals surface area contributed by atoms with Crippen molar-refractivity contribution in [2.24, 2.45) is 17.4 Å². The molecule has 0 fully saturated rings. The molecule has 0 aliphatic carbocycles. The van der Waals surface area contributed by atoms with Gasteiger partial charge in [-0.2, -0.15) is 0 Å². The highest BCUT2D eigenvalue weighted by molar-refractivity contribution is 5.95. The molecule has 0 saturated heterocycles. The van der Waals surface area contributed by atoms with Crippen LogP contribution in [0.5, 0.6) is 0 Å². The standard InChI is InChI=1S/C21H35N7O7/c1-11(2)17(23)20(33)28-14(7-12-9-24-10-25-12)18(31)27-15(8-16(29)30)19(32)26-13(21(34)35)5-3-4-6-22/h9-11,13-15,17H,3-8,22-23H2,1-2H3,(H,24,25)(H,26,32)(H,27,31)(H,28,33)(H,29,30)(H,34,35). The quantitative estimate of drug-likeness (QED) is 0.118. The van der Waals surface area contributed by atoms with Gasteiger partial charge in [0.25, 0.3) is 0 Å². The summed E-state index contributed by atoms with van der Waals surface area (Å²) in [4.78, 5) is 67.7. The summed E-state index contributed by atoms with van der Waals surface area (Å²) in [6.07, 6.45) is 3.03. The molecule has 3 amide bonds. The van der Waals surface area contributed by atoms with Gasteiger partial charge in [0.1, 0.15) is 18.1 Å². The molecule has 14 nitrogen and oxygen atoms in total. The molecule has 35 heavy (non-hydrogen) atoms. The molecule has 0 saturated carbocycles. The first kappa shape index (κ1) is 29.5. The van der Waals surface area contributed by atoms with Crippen LogP contribution in [0.4, 0.5) is 0 Å². The smallest absolute Gasteiger partial charge is 0.326 e. The highest BCUT2D eigenvalue weighted by atomic mass is 16.4. The molecule has 0 aliphatic rings. The molecular weight excluding hydrogens is 462 g/mol. The molecule has 0 spiro atoms. The van der Waals surface area contributed by atoms with E-state index < -0.39 is 60.2 Å². The average molecular weight is 498 g/mol. The minimum Gasteiger partial charge on any atom is -0.481 e. The van der Waals surface area contributed by atoms with E-state index >= 15 is 0 Å². The molecule has 4 atom stereocenters. The van der Waals surface area contributed by atoms with Gasteiger partial charge in [0.05, 0.1) is 18.8 Å². The largest absolute Gasteiger partial charge is 0.481 e. The minimum atomic E-state index is -1.59. The summed E-state index contributed by atoms with van der Waals surface area (Å²) in [7, 11) is 0. The number of nitrogens with two attached hydrogens (primary N) is 2. The van der Waals surface area contributed by atoms with Crippen LogP contribution >= 0.6 is 0 Å².